The Kier molecular flexibility index (Phi) is 7.49. The number of benzene rings is 2. The molecule has 0 atom stereocenters. The first-order valence-electron chi connectivity index (χ1n) is 11.6. The largest absolute Gasteiger partial charge is 0.444 e. The summed E-state index contributed by atoms with van der Waals surface area (Å²) in [4.78, 5) is 24.8. The van der Waals surface area contributed by atoms with E-state index in [1.54, 1.807) is 75.6 Å². The third-order valence-corrected chi connectivity index (χ3v) is 6.85. The first kappa shape index (κ1) is 26.4. The molecule has 0 fully saturated rings. The topological polar surface area (TPSA) is 135 Å². The third kappa shape index (κ3) is 6.56. The van der Waals surface area contributed by atoms with Crippen LogP contribution in [0.1, 0.15) is 26.3 Å². The molecule has 2 heterocycles. The molecule has 0 saturated heterocycles. The van der Waals surface area contributed by atoms with Crippen LogP contribution in [0.2, 0.25) is 0 Å². The summed E-state index contributed by atoms with van der Waals surface area (Å²) in [6.07, 6.45) is 8.33. The number of nitrogens with one attached hydrogen (secondary N) is 3. The van der Waals surface area contributed by atoms with Crippen molar-refractivity contribution in [1.29, 1.82) is 0 Å². The van der Waals surface area contributed by atoms with Gasteiger partial charge in [-0.15, -0.1) is 0 Å². The van der Waals surface area contributed by atoms with Gasteiger partial charge < -0.3 is 10.1 Å². The summed E-state index contributed by atoms with van der Waals surface area (Å²) >= 11 is 0. The lowest BCUT2D eigenvalue weighted by molar-refractivity contribution is -0.111. The van der Waals surface area contributed by atoms with Gasteiger partial charge in [0, 0.05) is 30.2 Å². The maximum absolute atomic E-state index is 13.0. The van der Waals surface area contributed by atoms with E-state index in [-0.39, 0.29) is 4.90 Å². The van der Waals surface area contributed by atoms with Crippen LogP contribution in [-0.2, 0) is 19.6 Å². The molecule has 0 spiro atoms. The predicted molar refractivity (Wildman–Crippen MR) is 145 cm³/mol. The number of carbonyl (C=O) groups is 2. The van der Waals surface area contributed by atoms with Gasteiger partial charge in [-0.3, -0.25) is 15.2 Å². The smallest absolute Gasteiger partial charge is 0.412 e. The molecule has 4 rings (SSSR count). The molecule has 0 saturated carbocycles. The lowest BCUT2D eigenvalue weighted by Gasteiger charge is -2.20. The van der Waals surface area contributed by atoms with Crippen molar-refractivity contribution in [3.8, 4) is 11.1 Å². The average Bonchev–Trinajstić information content (AvgIpc) is 3.56. The molecule has 38 heavy (non-hydrogen) atoms. The fourth-order valence-electron chi connectivity index (χ4n) is 3.45. The molecule has 0 aliphatic rings. The second-order valence-corrected chi connectivity index (χ2v) is 11.1. The molecule has 0 bridgehead atoms. The molecule has 4 aromatic rings. The number of aromatic amines is 1. The summed E-state index contributed by atoms with van der Waals surface area (Å²) in [6, 6.07) is 14.8. The Morgan fingerprint density at radius 3 is 2.29 bits per heavy atom. The first-order chi connectivity index (χ1) is 18.0. The van der Waals surface area contributed by atoms with Gasteiger partial charge in [0.15, 0.2) is 0 Å². The van der Waals surface area contributed by atoms with E-state index in [2.05, 4.69) is 20.8 Å². The minimum atomic E-state index is -3.81. The Hall–Kier alpha value is -4.64. The Labute approximate surface area is 220 Å². The lowest BCUT2D eigenvalue weighted by atomic mass is 10.1. The van der Waals surface area contributed by atoms with Crippen LogP contribution in [0.5, 0.6) is 0 Å². The van der Waals surface area contributed by atoms with Gasteiger partial charge in [0.05, 0.1) is 22.5 Å². The minimum Gasteiger partial charge on any atom is -0.444 e. The molecule has 2 amide bonds. The maximum Gasteiger partial charge on any atom is 0.412 e. The number of para-hydroxylation sites is 2. The van der Waals surface area contributed by atoms with Crippen molar-refractivity contribution in [2.45, 2.75) is 31.3 Å². The van der Waals surface area contributed by atoms with Gasteiger partial charge in [-0.2, -0.15) is 5.10 Å². The monoisotopic (exact) mass is 533 g/mol. The Morgan fingerprint density at radius 2 is 1.66 bits per heavy atom. The number of rotatable bonds is 7. The molecular formula is C27H27N5O5S. The fourth-order valence-corrected chi connectivity index (χ4v) is 4.66. The number of anilines is 2. The van der Waals surface area contributed by atoms with Crippen molar-refractivity contribution in [3.63, 3.8) is 0 Å². The number of H-pyrrole nitrogens is 1. The van der Waals surface area contributed by atoms with Gasteiger partial charge in [0.1, 0.15) is 5.60 Å². The second-order valence-electron chi connectivity index (χ2n) is 9.29. The molecule has 0 aliphatic carbocycles. The third-order valence-electron chi connectivity index (χ3n) is 5.20. The van der Waals surface area contributed by atoms with Gasteiger partial charge in [0.25, 0.3) is 10.0 Å². The molecule has 2 aromatic carbocycles. The van der Waals surface area contributed by atoms with E-state index in [0.29, 0.717) is 16.9 Å². The average molecular weight is 534 g/mol. The minimum absolute atomic E-state index is 0.128. The number of hydrogen-bond donors (Lipinski definition) is 3. The van der Waals surface area contributed by atoms with Crippen molar-refractivity contribution < 1.29 is 22.7 Å². The Bertz CT molecular complexity index is 1560. The molecule has 10 nitrogen and oxygen atoms in total. The number of carbonyl (C=O) groups excluding carboxylic acids is 2. The molecule has 196 valence electrons. The van der Waals surface area contributed by atoms with Gasteiger partial charge in [-0.05, 0) is 68.3 Å². The molecule has 0 unspecified atom stereocenters. The van der Waals surface area contributed by atoms with Crippen LogP contribution in [0.25, 0.3) is 17.2 Å². The lowest BCUT2D eigenvalue weighted by Crippen LogP contribution is -2.27. The van der Waals surface area contributed by atoms with Crippen LogP contribution < -0.4 is 10.6 Å². The van der Waals surface area contributed by atoms with E-state index in [9.17, 15) is 18.0 Å². The van der Waals surface area contributed by atoms with Gasteiger partial charge in [-0.25, -0.2) is 17.2 Å². The van der Waals surface area contributed by atoms with E-state index in [1.807, 2.05) is 0 Å². The molecule has 2 aromatic heterocycles. The summed E-state index contributed by atoms with van der Waals surface area (Å²) < 4.78 is 32.4. The Morgan fingerprint density at radius 1 is 0.974 bits per heavy atom. The van der Waals surface area contributed by atoms with Crippen molar-refractivity contribution in [2.24, 2.45) is 0 Å². The highest BCUT2D eigenvalue weighted by atomic mass is 32.2. The van der Waals surface area contributed by atoms with Crippen molar-refractivity contribution in [3.05, 3.63) is 91.0 Å². The highest BCUT2D eigenvalue weighted by Crippen LogP contribution is 2.23. The zero-order valence-electron chi connectivity index (χ0n) is 21.0. The van der Waals surface area contributed by atoms with Crippen LogP contribution in [0.4, 0.5) is 16.2 Å². The highest BCUT2D eigenvalue weighted by Gasteiger charge is 2.18. The van der Waals surface area contributed by atoms with Gasteiger partial charge in [0.2, 0.25) is 5.91 Å². The van der Waals surface area contributed by atoms with Crippen LogP contribution in [0, 0.1) is 0 Å². The highest BCUT2D eigenvalue weighted by molar-refractivity contribution is 7.90. The number of aromatic nitrogens is 3. The quantitative estimate of drug-likeness (QED) is 0.282. The summed E-state index contributed by atoms with van der Waals surface area (Å²) in [5.41, 5.74) is 2.29. The molecule has 0 radical (unpaired) electrons. The summed E-state index contributed by atoms with van der Waals surface area (Å²) in [7, 11) is -3.81. The molecule has 0 aliphatic heterocycles. The molecular weight excluding hydrogens is 506 g/mol. The van der Waals surface area contributed by atoms with Crippen molar-refractivity contribution in [1.82, 2.24) is 14.2 Å². The molecule has 3 N–H and O–H groups in total. The summed E-state index contributed by atoms with van der Waals surface area (Å²) in [5, 5.41) is 11.9. The number of amides is 2. The van der Waals surface area contributed by atoms with Gasteiger partial charge in [-0.1, -0.05) is 24.3 Å². The summed E-state index contributed by atoms with van der Waals surface area (Å²) in [5.74, 6) is -0.464. The maximum atomic E-state index is 13.0. The summed E-state index contributed by atoms with van der Waals surface area (Å²) in [6.45, 7) is 5.26. The van der Waals surface area contributed by atoms with Crippen LogP contribution in [0.15, 0.2) is 90.4 Å². The zero-order chi connectivity index (χ0) is 27.3. The number of nitrogens with zero attached hydrogens (tertiary/aromatic N) is 2. The second kappa shape index (κ2) is 10.8. The molecule has 11 heteroatoms. The van der Waals surface area contributed by atoms with Crippen molar-refractivity contribution in [2.75, 3.05) is 10.6 Å². The Balaban J connectivity index is 1.42. The van der Waals surface area contributed by atoms with Crippen molar-refractivity contribution >= 4 is 39.5 Å². The van der Waals surface area contributed by atoms with Gasteiger partial charge >= 0.3 is 6.09 Å². The standard InChI is InChI=1S/C27H27N5O5S/c1-27(2,3)37-26(34)31-24-7-5-4-6-23(24)30-25(33)13-8-19-14-15-32(18-19)38(35,36)22-11-9-20(10-12-22)21-16-28-29-17-21/h4-18H,1-3H3,(H,28,29)(H,30,33)(H,31,34)/b13-8+. The SMILES string of the molecule is CC(C)(C)OC(=O)Nc1ccccc1NC(=O)/C=C/c1ccn(S(=O)(=O)c2ccc(-c3cn[nH]c3)cc2)c1. The number of ether oxygens (including phenoxy) is 1. The van der Waals surface area contributed by atoms with E-state index in [4.69, 9.17) is 4.74 Å². The van der Waals surface area contributed by atoms with E-state index < -0.39 is 27.6 Å². The van der Waals surface area contributed by atoms with E-state index in [1.165, 1.54) is 36.7 Å². The van der Waals surface area contributed by atoms with E-state index in [0.717, 1.165) is 15.1 Å². The first-order valence-corrected chi connectivity index (χ1v) is 13.1. The number of hydrogen-bond acceptors (Lipinski definition) is 6. The van der Waals surface area contributed by atoms with Crippen LogP contribution >= 0.6 is 0 Å². The fraction of sp³-hybridized carbons (Fsp3) is 0.148. The zero-order valence-corrected chi connectivity index (χ0v) is 21.8. The van der Waals surface area contributed by atoms with Crippen LogP contribution in [0.3, 0.4) is 0 Å². The van der Waals surface area contributed by atoms with Crippen LogP contribution in [-0.4, -0.2) is 40.2 Å². The van der Waals surface area contributed by atoms with E-state index >= 15 is 0 Å². The predicted octanol–water partition coefficient (Wildman–Crippen LogP) is 5.11. The normalized spacial score (nSPS) is 11.9.